The topological polar surface area (TPSA) is 41.1 Å². The number of aryl methyl sites for hydroxylation is 1. The minimum atomic E-state index is 0.0157. The fraction of sp³-hybridized carbons (Fsp3) is 0.562. The van der Waals surface area contributed by atoms with Gasteiger partial charge in [-0.15, -0.1) is 0 Å². The Balaban J connectivity index is 2.28. The summed E-state index contributed by atoms with van der Waals surface area (Å²) in [6.07, 6.45) is 2.29. The zero-order valence-corrected chi connectivity index (χ0v) is 12.5. The Morgan fingerprint density at radius 2 is 1.95 bits per heavy atom. The summed E-state index contributed by atoms with van der Waals surface area (Å²) < 4.78 is 0. The lowest BCUT2D eigenvalue weighted by atomic mass is 10.0. The van der Waals surface area contributed by atoms with Crippen LogP contribution in [0.25, 0.3) is 0 Å². The number of benzene rings is 1. The van der Waals surface area contributed by atoms with Crippen LogP contribution in [0.3, 0.4) is 0 Å². The summed E-state index contributed by atoms with van der Waals surface area (Å²) in [7, 11) is 0. The first kappa shape index (κ1) is 15.7. The van der Waals surface area contributed by atoms with Gasteiger partial charge in [0.15, 0.2) is 0 Å². The van der Waals surface area contributed by atoms with Crippen LogP contribution in [0, 0.1) is 12.8 Å². The van der Waals surface area contributed by atoms with Crippen molar-refractivity contribution in [1.82, 2.24) is 5.32 Å². The van der Waals surface area contributed by atoms with Crippen LogP contribution in [0.4, 0.5) is 5.69 Å². The van der Waals surface area contributed by atoms with E-state index in [2.05, 4.69) is 31.4 Å². The third-order valence-corrected chi connectivity index (χ3v) is 3.09. The normalized spacial score (nSPS) is 12.5. The van der Waals surface area contributed by atoms with Crippen molar-refractivity contribution in [1.29, 1.82) is 0 Å². The van der Waals surface area contributed by atoms with E-state index in [0.717, 1.165) is 17.7 Å². The van der Waals surface area contributed by atoms with Crippen molar-refractivity contribution in [2.24, 2.45) is 5.92 Å². The largest absolute Gasteiger partial charge is 0.325 e. The minimum absolute atomic E-state index is 0.0157. The quantitative estimate of drug-likeness (QED) is 0.791. The van der Waals surface area contributed by atoms with E-state index < -0.39 is 0 Å². The highest BCUT2D eigenvalue weighted by molar-refractivity contribution is 5.92. The van der Waals surface area contributed by atoms with Crippen molar-refractivity contribution in [3.05, 3.63) is 29.8 Å². The summed E-state index contributed by atoms with van der Waals surface area (Å²) in [5.74, 6) is 0.729. The highest BCUT2D eigenvalue weighted by atomic mass is 16.1. The second kappa shape index (κ2) is 7.95. The third kappa shape index (κ3) is 6.97. The van der Waals surface area contributed by atoms with Gasteiger partial charge in [0, 0.05) is 11.7 Å². The molecule has 3 nitrogen and oxygen atoms in total. The molecule has 0 saturated heterocycles. The zero-order chi connectivity index (χ0) is 14.3. The summed E-state index contributed by atoms with van der Waals surface area (Å²) in [5, 5.41) is 6.16. The molecule has 1 rings (SSSR count). The Morgan fingerprint density at radius 3 is 2.58 bits per heavy atom. The number of rotatable bonds is 7. The molecule has 0 aliphatic rings. The van der Waals surface area contributed by atoms with E-state index in [9.17, 15) is 4.79 Å². The standard InChI is InChI=1S/C16H26N2O/c1-12(2)8-9-14(4)17-11-16(19)18-15-7-5-6-13(3)10-15/h5-7,10,12,14,17H,8-9,11H2,1-4H3,(H,18,19). The van der Waals surface area contributed by atoms with Gasteiger partial charge in [-0.25, -0.2) is 0 Å². The molecule has 0 aliphatic heterocycles. The minimum Gasteiger partial charge on any atom is -0.325 e. The van der Waals surface area contributed by atoms with Crippen LogP contribution in [0.5, 0.6) is 0 Å². The molecule has 2 N–H and O–H groups in total. The van der Waals surface area contributed by atoms with Crippen LogP contribution in [-0.4, -0.2) is 18.5 Å². The molecule has 106 valence electrons. The first-order chi connectivity index (χ1) is 8.97. The fourth-order valence-electron chi connectivity index (χ4n) is 1.88. The summed E-state index contributed by atoms with van der Waals surface area (Å²) in [4.78, 5) is 11.8. The molecule has 1 aromatic carbocycles. The van der Waals surface area contributed by atoms with Gasteiger partial charge in [0.05, 0.1) is 6.54 Å². The van der Waals surface area contributed by atoms with Gasteiger partial charge in [-0.1, -0.05) is 26.0 Å². The zero-order valence-electron chi connectivity index (χ0n) is 12.5. The second-order valence-corrected chi connectivity index (χ2v) is 5.67. The van der Waals surface area contributed by atoms with Crippen LogP contribution in [-0.2, 0) is 4.79 Å². The Hall–Kier alpha value is -1.35. The van der Waals surface area contributed by atoms with Gasteiger partial charge in [0.2, 0.25) is 5.91 Å². The molecule has 1 aromatic rings. The highest BCUT2D eigenvalue weighted by Gasteiger charge is 2.06. The average Bonchev–Trinajstić information content (AvgIpc) is 2.34. The Bertz CT molecular complexity index is 401. The molecular weight excluding hydrogens is 236 g/mol. The fourth-order valence-corrected chi connectivity index (χ4v) is 1.88. The van der Waals surface area contributed by atoms with E-state index in [1.54, 1.807) is 0 Å². The Morgan fingerprint density at radius 1 is 1.21 bits per heavy atom. The molecule has 0 heterocycles. The van der Waals surface area contributed by atoms with Crippen LogP contribution < -0.4 is 10.6 Å². The summed E-state index contributed by atoms with van der Waals surface area (Å²) in [5.41, 5.74) is 2.01. The van der Waals surface area contributed by atoms with Crippen molar-refractivity contribution in [2.45, 2.75) is 46.6 Å². The van der Waals surface area contributed by atoms with Gasteiger partial charge >= 0.3 is 0 Å². The van der Waals surface area contributed by atoms with Crippen molar-refractivity contribution < 1.29 is 4.79 Å². The van der Waals surface area contributed by atoms with E-state index >= 15 is 0 Å². The summed E-state index contributed by atoms with van der Waals surface area (Å²) in [6, 6.07) is 8.23. The Labute approximate surface area is 116 Å². The molecule has 3 heteroatoms. The molecule has 0 aromatic heterocycles. The van der Waals surface area contributed by atoms with E-state index in [4.69, 9.17) is 0 Å². The number of hydrogen-bond acceptors (Lipinski definition) is 2. The number of carbonyl (C=O) groups excluding carboxylic acids is 1. The Kier molecular flexibility index (Phi) is 6.57. The van der Waals surface area contributed by atoms with Gasteiger partial charge in [-0.2, -0.15) is 0 Å². The van der Waals surface area contributed by atoms with Crippen LogP contribution >= 0.6 is 0 Å². The molecule has 0 fully saturated rings. The van der Waals surface area contributed by atoms with E-state index in [1.807, 2.05) is 31.2 Å². The summed E-state index contributed by atoms with van der Waals surface area (Å²) >= 11 is 0. The van der Waals surface area contributed by atoms with Gasteiger partial charge in [0.1, 0.15) is 0 Å². The smallest absolute Gasteiger partial charge is 0.238 e. The first-order valence-electron chi connectivity index (χ1n) is 7.07. The maximum atomic E-state index is 11.8. The number of nitrogens with one attached hydrogen (secondary N) is 2. The second-order valence-electron chi connectivity index (χ2n) is 5.67. The molecule has 19 heavy (non-hydrogen) atoms. The average molecular weight is 262 g/mol. The van der Waals surface area contributed by atoms with Crippen molar-refractivity contribution in [2.75, 3.05) is 11.9 Å². The van der Waals surface area contributed by atoms with Crippen molar-refractivity contribution in [3.63, 3.8) is 0 Å². The maximum absolute atomic E-state index is 11.8. The van der Waals surface area contributed by atoms with E-state index in [-0.39, 0.29) is 5.91 Å². The maximum Gasteiger partial charge on any atom is 0.238 e. The molecule has 0 saturated carbocycles. The van der Waals surface area contributed by atoms with Crippen LogP contribution in [0.15, 0.2) is 24.3 Å². The molecule has 1 unspecified atom stereocenters. The number of hydrogen-bond donors (Lipinski definition) is 2. The molecule has 0 bridgehead atoms. The molecule has 1 atom stereocenters. The van der Waals surface area contributed by atoms with E-state index in [1.165, 1.54) is 6.42 Å². The lowest BCUT2D eigenvalue weighted by Gasteiger charge is -2.15. The molecule has 0 spiro atoms. The van der Waals surface area contributed by atoms with Crippen LogP contribution in [0.2, 0.25) is 0 Å². The summed E-state index contributed by atoms with van der Waals surface area (Å²) in [6.45, 7) is 8.95. The molecular formula is C16H26N2O. The predicted molar refractivity (Wildman–Crippen MR) is 81.3 cm³/mol. The monoisotopic (exact) mass is 262 g/mol. The molecule has 0 aliphatic carbocycles. The number of carbonyl (C=O) groups is 1. The molecule has 1 amide bonds. The highest BCUT2D eigenvalue weighted by Crippen LogP contribution is 2.09. The number of anilines is 1. The van der Waals surface area contributed by atoms with Gasteiger partial charge in [-0.05, 0) is 50.3 Å². The SMILES string of the molecule is Cc1cccc(NC(=O)CNC(C)CCC(C)C)c1. The predicted octanol–water partition coefficient (Wildman–Crippen LogP) is 3.35. The number of amides is 1. The van der Waals surface area contributed by atoms with Gasteiger partial charge in [0.25, 0.3) is 0 Å². The van der Waals surface area contributed by atoms with Crippen molar-refractivity contribution >= 4 is 11.6 Å². The van der Waals surface area contributed by atoms with Gasteiger partial charge < -0.3 is 10.6 Å². The lowest BCUT2D eigenvalue weighted by Crippen LogP contribution is -2.34. The molecule has 0 radical (unpaired) electrons. The first-order valence-corrected chi connectivity index (χ1v) is 7.07. The van der Waals surface area contributed by atoms with E-state index in [0.29, 0.717) is 18.5 Å². The third-order valence-electron chi connectivity index (χ3n) is 3.09. The van der Waals surface area contributed by atoms with Gasteiger partial charge in [-0.3, -0.25) is 4.79 Å². The lowest BCUT2D eigenvalue weighted by molar-refractivity contribution is -0.115. The van der Waals surface area contributed by atoms with Crippen molar-refractivity contribution in [3.8, 4) is 0 Å². The van der Waals surface area contributed by atoms with Crippen LogP contribution in [0.1, 0.15) is 39.2 Å².